The molecule has 3 rings (SSSR count). The second-order valence-corrected chi connectivity index (χ2v) is 6.85. The van der Waals surface area contributed by atoms with Crippen molar-refractivity contribution in [3.05, 3.63) is 42.2 Å². The topological polar surface area (TPSA) is 24.9 Å². The van der Waals surface area contributed by atoms with Gasteiger partial charge in [0.2, 0.25) is 0 Å². The minimum Gasteiger partial charge on any atom is -0.310 e. The van der Waals surface area contributed by atoms with Gasteiger partial charge < -0.3 is 5.32 Å². The van der Waals surface area contributed by atoms with Crippen LogP contribution in [0.1, 0.15) is 45.1 Å². The average molecular weight is 268 g/mol. The summed E-state index contributed by atoms with van der Waals surface area (Å²) in [5.74, 6) is 0. The molecule has 1 unspecified atom stereocenters. The Hall–Kier alpha value is -1.41. The molecule has 106 valence electrons. The maximum atomic E-state index is 4.20. The Kier molecular flexibility index (Phi) is 3.75. The number of hydrogen-bond acceptors (Lipinski definition) is 2. The zero-order valence-corrected chi connectivity index (χ0v) is 12.5. The minimum absolute atomic E-state index is 0.499. The normalized spacial score (nSPS) is 22.0. The van der Waals surface area contributed by atoms with Gasteiger partial charge in [-0.05, 0) is 41.7 Å². The van der Waals surface area contributed by atoms with E-state index in [9.17, 15) is 0 Å². The van der Waals surface area contributed by atoms with Gasteiger partial charge in [-0.15, -0.1) is 0 Å². The highest BCUT2D eigenvalue weighted by atomic mass is 14.9. The first-order valence-corrected chi connectivity index (χ1v) is 7.69. The third kappa shape index (κ3) is 3.01. The number of fused-ring (bicyclic) bond motifs is 1. The predicted molar refractivity (Wildman–Crippen MR) is 84.6 cm³/mol. The Bertz CT molecular complexity index is 583. The summed E-state index contributed by atoms with van der Waals surface area (Å²) >= 11 is 0. The zero-order chi connectivity index (χ0) is 14.0. The summed E-state index contributed by atoms with van der Waals surface area (Å²) in [4.78, 5) is 4.20. The summed E-state index contributed by atoms with van der Waals surface area (Å²) in [7, 11) is 0. The van der Waals surface area contributed by atoms with Gasteiger partial charge >= 0.3 is 0 Å². The van der Waals surface area contributed by atoms with Crippen molar-refractivity contribution in [2.45, 2.75) is 52.1 Å². The van der Waals surface area contributed by atoms with Crippen LogP contribution >= 0.6 is 0 Å². The largest absolute Gasteiger partial charge is 0.310 e. The standard InChI is InChI=1S/C18H24N2/c1-18(2)9-4-7-16(11-18)20-13-15-6-3-5-14-12-19-10-8-17(14)15/h3,5-6,8,10,12,16,20H,4,7,9,11,13H2,1-2H3. The summed E-state index contributed by atoms with van der Waals surface area (Å²) in [6.07, 6.45) is 9.16. The lowest BCUT2D eigenvalue weighted by atomic mass is 9.75. The lowest BCUT2D eigenvalue weighted by Gasteiger charge is -2.35. The maximum Gasteiger partial charge on any atom is 0.0346 e. The zero-order valence-electron chi connectivity index (χ0n) is 12.5. The highest BCUT2D eigenvalue weighted by Gasteiger charge is 2.27. The molecule has 1 saturated carbocycles. The summed E-state index contributed by atoms with van der Waals surface area (Å²) in [6.45, 7) is 5.75. The smallest absolute Gasteiger partial charge is 0.0346 e. The lowest BCUT2D eigenvalue weighted by Crippen LogP contribution is -2.36. The molecule has 0 bridgehead atoms. The van der Waals surface area contributed by atoms with E-state index >= 15 is 0 Å². The number of nitrogens with one attached hydrogen (secondary N) is 1. The lowest BCUT2D eigenvalue weighted by molar-refractivity contribution is 0.198. The molecule has 1 aliphatic rings. The molecular formula is C18H24N2. The Morgan fingerprint density at radius 1 is 1.30 bits per heavy atom. The van der Waals surface area contributed by atoms with Crippen LogP contribution in [0.25, 0.3) is 10.8 Å². The quantitative estimate of drug-likeness (QED) is 0.898. The molecule has 2 nitrogen and oxygen atoms in total. The highest BCUT2D eigenvalue weighted by Crippen LogP contribution is 2.35. The first-order valence-electron chi connectivity index (χ1n) is 7.69. The molecule has 0 radical (unpaired) electrons. The molecule has 1 atom stereocenters. The van der Waals surface area contributed by atoms with E-state index in [1.807, 2.05) is 12.4 Å². The van der Waals surface area contributed by atoms with E-state index in [0.29, 0.717) is 11.5 Å². The Morgan fingerprint density at radius 3 is 3.05 bits per heavy atom. The van der Waals surface area contributed by atoms with Gasteiger partial charge in [-0.2, -0.15) is 0 Å². The van der Waals surface area contributed by atoms with Crippen LogP contribution in [0.2, 0.25) is 0 Å². The van der Waals surface area contributed by atoms with Crippen molar-refractivity contribution in [3.8, 4) is 0 Å². The van der Waals surface area contributed by atoms with E-state index in [1.54, 1.807) is 0 Å². The number of pyridine rings is 1. The first-order chi connectivity index (χ1) is 9.64. The van der Waals surface area contributed by atoms with Crippen LogP contribution in [0.15, 0.2) is 36.7 Å². The number of rotatable bonds is 3. The SMILES string of the molecule is CC1(C)CCCC(NCc2cccc3cnccc23)C1. The summed E-state index contributed by atoms with van der Waals surface area (Å²) in [6, 6.07) is 9.28. The average Bonchev–Trinajstić information content (AvgIpc) is 2.44. The summed E-state index contributed by atoms with van der Waals surface area (Å²) in [5.41, 5.74) is 1.88. The monoisotopic (exact) mass is 268 g/mol. The molecule has 2 aromatic rings. The van der Waals surface area contributed by atoms with Crippen LogP contribution < -0.4 is 5.32 Å². The van der Waals surface area contributed by atoms with Gasteiger partial charge in [0.05, 0.1) is 0 Å². The van der Waals surface area contributed by atoms with E-state index in [1.165, 1.54) is 42.0 Å². The molecule has 2 heteroatoms. The number of aromatic nitrogens is 1. The fourth-order valence-corrected chi connectivity index (χ4v) is 3.47. The van der Waals surface area contributed by atoms with Crippen molar-refractivity contribution in [1.82, 2.24) is 10.3 Å². The van der Waals surface area contributed by atoms with Gasteiger partial charge in [-0.25, -0.2) is 0 Å². The first kappa shape index (κ1) is 13.6. The fourth-order valence-electron chi connectivity index (χ4n) is 3.47. The minimum atomic E-state index is 0.499. The van der Waals surface area contributed by atoms with Crippen LogP contribution in [0.5, 0.6) is 0 Å². The van der Waals surface area contributed by atoms with E-state index in [4.69, 9.17) is 0 Å². The van der Waals surface area contributed by atoms with Gasteiger partial charge in [-0.1, -0.05) is 38.5 Å². The van der Waals surface area contributed by atoms with Crippen LogP contribution in [0.3, 0.4) is 0 Å². The molecule has 20 heavy (non-hydrogen) atoms. The molecule has 0 amide bonds. The Balaban J connectivity index is 1.71. The number of nitrogens with zero attached hydrogens (tertiary/aromatic N) is 1. The van der Waals surface area contributed by atoms with E-state index in [0.717, 1.165) is 6.54 Å². The van der Waals surface area contributed by atoms with Crippen LogP contribution in [-0.2, 0) is 6.54 Å². The van der Waals surface area contributed by atoms with Gasteiger partial charge in [0, 0.05) is 30.4 Å². The van der Waals surface area contributed by atoms with Crippen molar-refractivity contribution >= 4 is 10.8 Å². The second-order valence-electron chi connectivity index (χ2n) is 6.85. The molecule has 1 aromatic heterocycles. The summed E-state index contributed by atoms with van der Waals surface area (Å²) < 4.78 is 0. The van der Waals surface area contributed by atoms with Crippen molar-refractivity contribution in [2.75, 3.05) is 0 Å². The van der Waals surface area contributed by atoms with Crippen LogP contribution in [0, 0.1) is 5.41 Å². The highest BCUT2D eigenvalue weighted by molar-refractivity contribution is 5.84. The van der Waals surface area contributed by atoms with E-state index in [2.05, 4.69) is 48.4 Å². The molecule has 1 N–H and O–H groups in total. The van der Waals surface area contributed by atoms with E-state index < -0.39 is 0 Å². The van der Waals surface area contributed by atoms with Crippen molar-refractivity contribution in [1.29, 1.82) is 0 Å². The molecular weight excluding hydrogens is 244 g/mol. The predicted octanol–water partition coefficient (Wildman–Crippen LogP) is 4.29. The molecule has 1 fully saturated rings. The van der Waals surface area contributed by atoms with Crippen LogP contribution in [-0.4, -0.2) is 11.0 Å². The molecule has 0 spiro atoms. The second kappa shape index (κ2) is 5.53. The maximum absolute atomic E-state index is 4.20. The number of hydrogen-bond donors (Lipinski definition) is 1. The van der Waals surface area contributed by atoms with E-state index in [-0.39, 0.29) is 0 Å². The van der Waals surface area contributed by atoms with Gasteiger partial charge in [-0.3, -0.25) is 4.98 Å². The molecule has 0 saturated heterocycles. The molecule has 1 aromatic carbocycles. The Labute approximate surface area is 121 Å². The van der Waals surface area contributed by atoms with Gasteiger partial charge in [0.1, 0.15) is 0 Å². The third-order valence-electron chi connectivity index (χ3n) is 4.56. The van der Waals surface area contributed by atoms with Gasteiger partial charge in [0.15, 0.2) is 0 Å². The van der Waals surface area contributed by atoms with Crippen molar-refractivity contribution in [2.24, 2.45) is 5.41 Å². The number of benzene rings is 1. The fraction of sp³-hybridized carbons (Fsp3) is 0.500. The molecule has 1 heterocycles. The van der Waals surface area contributed by atoms with Crippen molar-refractivity contribution < 1.29 is 0 Å². The molecule has 1 aliphatic carbocycles. The van der Waals surface area contributed by atoms with Crippen molar-refractivity contribution in [3.63, 3.8) is 0 Å². The Morgan fingerprint density at radius 2 is 2.20 bits per heavy atom. The third-order valence-corrected chi connectivity index (χ3v) is 4.56. The van der Waals surface area contributed by atoms with Gasteiger partial charge in [0.25, 0.3) is 0 Å². The van der Waals surface area contributed by atoms with Crippen LogP contribution in [0.4, 0.5) is 0 Å². The molecule has 0 aliphatic heterocycles. The summed E-state index contributed by atoms with van der Waals surface area (Å²) in [5, 5.41) is 6.32.